The monoisotopic (exact) mass is 594 g/mol. The van der Waals surface area contributed by atoms with Gasteiger partial charge in [-0.3, -0.25) is 4.79 Å². The van der Waals surface area contributed by atoms with Gasteiger partial charge in [-0.25, -0.2) is 13.2 Å². The van der Waals surface area contributed by atoms with Crippen LogP contribution in [0.4, 0.5) is 10.5 Å². The van der Waals surface area contributed by atoms with Crippen molar-refractivity contribution in [3.05, 3.63) is 95.6 Å². The van der Waals surface area contributed by atoms with E-state index < -0.39 is 22.0 Å². The van der Waals surface area contributed by atoms with Crippen LogP contribution in [0.2, 0.25) is 0 Å². The standard InChI is InChI=1S/C32H42N4O5S/c1-24(2)21-36(42(40,41)28-18-16-25(3)17-19-28)30(31(37)38)15-9-10-20-34-32(39)35(22-26-11-5-4-6-12-26)23-27-13-7-8-14-29(27)33/h4-8,11-14,16-19,24,30H,9-10,15,20-23,33H2,1-3H3,(H,34,39)(H,37,38)/t30-/m0/s1. The summed E-state index contributed by atoms with van der Waals surface area (Å²) in [5, 5.41) is 13.0. The van der Waals surface area contributed by atoms with Crippen molar-refractivity contribution in [2.75, 3.05) is 18.8 Å². The van der Waals surface area contributed by atoms with Crippen LogP contribution in [0.5, 0.6) is 0 Å². The van der Waals surface area contributed by atoms with Gasteiger partial charge in [-0.2, -0.15) is 4.31 Å². The first-order chi connectivity index (χ1) is 20.0. The van der Waals surface area contributed by atoms with E-state index in [1.807, 2.05) is 69.3 Å². The molecule has 0 aliphatic carbocycles. The lowest BCUT2D eigenvalue weighted by Crippen LogP contribution is -2.46. The Balaban J connectivity index is 1.64. The summed E-state index contributed by atoms with van der Waals surface area (Å²) in [6, 6.07) is 22.0. The number of hydrogen-bond acceptors (Lipinski definition) is 5. The molecule has 0 spiro atoms. The molecule has 0 aliphatic heterocycles. The number of carbonyl (C=O) groups excluding carboxylic acids is 1. The maximum Gasteiger partial charge on any atom is 0.322 e. The number of urea groups is 1. The number of aliphatic carboxylic acids is 1. The first kappa shape index (κ1) is 32.6. The molecule has 0 saturated carbocycles. The Morgan fingerprint density at radius 1 is 0.905 bits per heavy atom. The van der Waals surface area contributed by atoms with Crippen molar-refractivity contribution >= 4 is 27.7 Å². The van der Waals surface area contributed by atoms with E-state index in [1.165, 1.54) is 12.1 Å². The number of nitrogens with two attached hydrogens (primary N) is 1. The first-order valence-corrected chi connectivity index (χ1v) is 15.6. The molecule has 9 nitrogen and oxygen atoms in total. The lowest BCUT2D eigenvalue weighted by molar-refractivity contribution is -0.141. The highest BCUT2D eigenvalue weighted by Crippen LogP contribution is 2.23. The summed E-state index contributed by atoms with van der Waals surface area (Å²) in [6.07, 6.45) is 1.03. The van der Waals surface area contributed by atoms with Crippen LogP contribution in [-0.2, 0) is 27.9 Å². The molecular weight excluding hydrogens is 552 g/mol. The van der Waals surface area contributed by atoms with Crippen LogP contribution in [0.1, 0.15) is 49.8 Å². The predicted molar refractivity (Wildman–Crippen MR) is 165 cm³/mol. The second kappa shape index (κ2) is 15.4. The number of benzene rings is 3. The number of anilines is 1. The molecule has 0 unspecified atom stereocenters. The Morgan fingerprint density at radius 2 is 1.55 bits per heavy atom. The molecule has 1 atom stereocenters. The molecule has 3 aromatic rings. The van der Waals surface area contributed by atoms with Gasteiger partial charge in [0.1, 0.15) is 6.04 Å². The minimum absolute atomic E-state index is 0.0689. The summed E-state index contributed by atoms with van der Waals surface area (Å²) >= 11 is 0. The van der Waals surface area contributed by atoms with Gasteiger partial charge < -0.3 is 21.1 Å². The molecule has 0 saturated heterocycles. The van der Waals surface area contributed by atoms with Gasteiger partial charge in [-0.1, -0.05) is 80.1 Å². The Bertz CT molecular complexity index is 1410. The molecule has 0 aromatic heterocycles. The van der Waals surface area contributed by atoms with Gasteiger partial charge in [-0.15, -0.1) is 0 Å². The van der Waals surface area contributed by atoms with Crippen LogP contribution in [0.3, 0.4) is 0 Å². The zero-order chi connectivity index (χ0) is 30.7. The highest BCUT2D eigenvalue weighted by Gasteiger charge is 2.36. The maximum absolute atomic E-state index is 13.5. The minimum Gasteiger partial charge on any atom is -0.480 e. The number of nitrogens with one attached hydrogen (secondary N) is 1. The number of nitrogen functional groups attached to an aromatic ring is 1. The lowest BCUT2D eigenvalue weighted by atomic mass is 10.1. The fraction of sp³-hybridized carbons (Fsp3) is 0.375. The molecule has 3 aromatic carbocycles. The zero-order valence-corrected chi connectivity index (χ0v) is 25.4. The van der Waals surface area contributed by atoms with Gasteiger partial charge in [-0.05, 0) is 61.4 Å². The van der Waals surface area contributed by atoms with E-state index in [-0.39, 0.29) is 29.8 Å². The number of unbranched alkanes of at least 4 members (excludes halogenated alkanes) is 1. The number of carboxylic acid groups (broad SMARTS) is 1. The normalized spacial score (nSPS) is 12.3. The number of para-hydroxylation sites is 1. The molecule has 0 heterocycles. The van der Waals surface area contributed by atoms with E-state index in [4.69, 9.17) is 5.73 Å². The zero-order valence-electron chi connectivity index (χ0n) is 24.6. The third-order valence-electron chi connectivity index (χ3n) is 6.91. The second-order valence-electron chi connectivity index (χ2n) is 10.9. The minimum atomic E-state index is -4.02. The van der Waals surface area contributed by atoms with Crippen LogP contribution in [0, 0.1) is 12.8 Å². The Labute approximate surface area is 249 Å². The highest BCUT2D eigenvalue weighted by molar-refractivity contribution is 7.89. The summed E-state index contributed by atoms with van der Waals surface area (Å²) in [6.45, 7) is 6.70. The van der Waals surface area contributed by atoms with E-state index >= 15 is 0 Å². The summed E-state index contributed by atoms with van der Waals surface area (Å²) < 4.78 is 28.1. The van der Waals surface area contributed by atoms with Crippen LogP contribution < -0.4 is 11.1 Å². The molecule has 10 heteroatoms. The topological polar surface area (TPSA) is 133 Å². The number of nitrogens with zero attached hydrogens (tertiary/aromatic N) is 2. The maximum atomic E-state index is 13.5. The molecule has 0 fully saturated rings. The predicted octanol–water partition coefficient (Wildman–Crippen LogP) is 5.26. The quantitative estimate of drug-likeness (QED) is 0.162. The smallest absolute Gasteiger partial charge is 0.322 e. The molecule has 3 rings (SSSR count). The van der Waals surface area contributed by atoms with Crippen LogP contribution >= 0.6 is 0 Å². The number of carbonyl (C=O) groups is 2. The van der Waals surface area contributed by atoms with Crippen molar-refractivity contribution in [1.29, 1.82) is 0 Å². The number of amides is 2. The largest absolute Gasteiger partial charge is 0.480 e. The summed E-state index contributed by atoms with van der Waals surface area (Å²) in [4.78, 5) is 27.3. The Hall–Kier alpha value is -3.89. The van der Waals surface area contributed by atoms with Crippen molar-refractivity contribution < 1.29 is 23.1 Å². The summed E-state index contributed by atoms with van der Waals surface area (Å²) in [7, 11) is -4.02. The van der Waals surface area contributed by atoms with Gasteiger partial charge in [0.05, 0.1) is 4.90 Å². The fourth-order valence-electron chi connectivity index (χ4n) is 4.65. The van der Waals surface area contributed by atoms with Crippen LogP contribution in [0.15, 0.2) is 83.8 Å². The van der Waals surface area contributed by atoms with Crippen LogP contribution in [0.25, 0.3) is 0 Å². The van der Waals surface area contributed by atoms with Crippen molar-refractivity contribution in [3.63, 3.8) is 0 Å². The average molecular weight is 595 g/mol. The fourth-order valence-corrected chi connectivity index (χ4v) is 6.42. The van der Waals surface area contributed by atoms with Gasteiger partial charge >= 0.3 is 12.0 Å². The molecule has 0 bridgehead atoms. The number of rotatable bonds is 15. The lowest BCUT2D eigenvalue weighted by Gasteiger charge is -2.30. The number of sulfonamides is 1. The number of aryl methyl sites for hydroxylation is 1. The van der Waals surface area contributed by atoms with E-state index in [0.29, 0.717) is 38.2 Å². The summed E-state index contributed by atoms with van der Waals surface area (Å²) in [5.41, 5.74) is 9.47. The van der Waals surface area contributed by atoms with Gasteiger partial charge in [0.25, 0.3) is 0 Å². The third kappa shape index (κ3) is 9.32. The van der Waals surface area contributed by atoms with Gasteiger partial charge in [0, 0.05) is 31.9 Å². The second-order valence-corrected chi connectivity index (χ2v) is 12.8. The van der Waals surface area contributed by atoms with Crippen LogP contribution in [-0.4, -0.2) is 53.9 Å². The SMILES string of the molecule is Cc1ccc(S(=O)(=O)N(CC(C)C)[C@@H](CCCCNC(=O)N(Cc2ccccc2)Cc2ccccc2N)C(=O)O)cc1. The third-order valence-corrected chi connectivity index (χ3v) is 8.79. The highest BCUT2D eigenvalue weighted by atomic mass is 32.2. The van der Waals surface area contributed by atoms with E-state index in [0.717, 1.165) is 21.0 Å². The molecule has 42 heavy (non-hydrogen) atoms. The van der Waals surface area contributed by atoms with Crippen molar-refractivity contribution in [2.24, 2.45) is 5.92 Å². The number of hydrogen-bond donors (Lipinski definition) is 3. The first-order valence-electron chi connectivity index (χ1n) is 14.2. The molecule has 2 amide bonds. The van der Waals surface area contributed by atoms with Crippen molar-refractivity contribution in [1.82, 2.24) is 14.5 Å². The molecule has 0 radical (unpaired) electrons. The van der Waals surface area contributed by atoms with E-state index in [9.17, 15) is 23.1 Å². The molecule has 4 N–H and O–H groups in total. The van der Waals surface area contributed by atoms with Gasteiger partial charge in [0.2, 0.25) is 10.0 Å². The molecular formula is C32H42N4O5S. The Morgan fingerprint density at radius 3 is 2.17 bits per heavy atom. The molecule has 226 valence electrons. The van der Waals surface area contributed by atoms with Crippen molar-refractivity contribution in [3.8, 4) is 0 Å². The van der Waals surface area contributed by atoms with E-state index in [1.54, 1.807) is 23.1 Å². The summed E-state index contributed by atoms with van der Waals surface area (Å²) in [5.74, 6) is -1.26. The average Bonchev–Trinajstić information content (AvgIpc) is 2.95. The van der Waals surface area contributed by atoms with Crippen molar-refractivity contribution in [2.45, 2.75) is 64.1 Å². The molecule has 0 aliphatic rings. The number of carboxylic acids is 1. The Kier molecular flexibility index (Phi) is 11.9. The van der Waals surface area contributed by atoms with E-state index in [2.05, 4.69) is 5.32 Å². The van der Waals surface area contributed by atoms with Gasteiger partial charge in [0.15, 0.2) is 0 Å².